The van der Waals surface area contributed by atoms with Crippen molar-refractivity contribution in [3.05, 3.63) is 48.3 Å². The lowest BCUT2D eigenvalue weighted by molar-refractivity contribution is -0.142. The number of likely N-dealkylation sites (tertiary alicyclic amines) is 1. The number of carbonyl (C=O) groups is 1. The average molecular weight is 340 g/mol. The number of hydrogen-bond donors (Lipinski definition) is 0. The van der Waals surface area contributed by atoms with E-state index < -0.39 is 5.41 Å². The van der Waals surface area contributed by atoms with Gasteiger partial charge in [-0.15, -0.1) is 0 Å². The fraction of sp³-hybridized carbons (Fsp3) is 0.526. The predicted octanol–water partition coefficient (Wildman–Crippen LogP) is 2.19. The molecule has 1 aromatic carbocycles. The van der Waals surface area contributed by atoms with Crippen LogP contribution in [-0.2, 0) is 14.9 Å². The van der Waals surface area contributed by atoms with Crippen molar-refractivity contribution in [1.29, 1.82) is 0 Å². The molecule has 1 amide bonds. The zero-order valence-corrected chi connectivity index (χ0v) is 14.4. The van der Waals surface area contributed by atoms with Crippen molar-refractivity contribution in [3.63, 3.8) is 0 Å². The average Bonchev–Trinajstić information content (AvgIpc) is 3.24. The van der Waals surface area contributed by atoms with E-state index in [-0.39, 0.29) is 5.91 Å². The molecular formula is C19H24N4O2. The summed E-state index contributed by atoms with van der Waals surface area (Å²) in [5, 5.41) is 8.49. The van der Waals surface area contributed by atoms with E-state index in [9.17, 15) is 4.79 Å². The van der Waals surface area contributed by atoms with Gasteiger partial charge in [0.15, 0.2) is 0 Å². The quantitative estimate of drug-likeness (QED) is 0.859. The Kier molecular flexibility index (Phi) is 4.53. The van der Waals surface area contributed by atoms with Crippen molar-refractivity contribution >= 4 is 5.91 Å². The molecule has 4 rings (SSSR count). The zero-order chi connectivity index (χ0) is 17.1. The molecule has 0 N–H and O–H groups in total. The standard InChI is InChI=1S/C19H24N4O2/c24-18(22-12-6-17(7-13-22)23-20-10-11-21-23)19(8-14-25-15-9-19)16-4-2-1-3-5-16/h1-5,10-11,17H,6-9,12-15H2. The van der Waals surface area contributed by atoms with Crippen LogP contribution in [0.15, 0.2) is 42.7 Å². The van der Waals surface area contributed by atoms with E-state index in [0.29, 0.717) is 19.3 Å². The van der Waals surface area contributed by atoms with Crippen LogP contribution in [0.4, 0.5) is 0 Å². The van der Waals surface area contributed by atoms with E-state index in [4.69, 9.17) is 4.74 Å². The highest BCUT2D eigenvalue weighted by Crippen LogP contribution is 2.38. The Morgan fingerprint density at radius 2 is 1.68 bits per heavy atom. The number of nitrogens with zero attached hydrogens (tertiary/aromatic N) is 4. The molecule has 6 nitrogen and oxygen atoms in total. The summed E-state index contributed by atoms with van der Waals surface area (Å²) in [6, 6.07) is 10.5. The molecule has 0 aliphatic carbocycles. The number of carbonyl (C=O) groups excluding carboxylic acids is 1. The van der Waals surface area contributed by atoms with Crippen LogP contribution in [0.25, 0.3) is 0 Å². The lowest BCUT2D eigenvalue weighted by Crippen LogP contribution is -2.52. The molecule has 6 heteroatoms. The third-order valence-corrected chi connectivity index (χ3v) is 5.60. The lowest BCUT2D eigenvalue weighted by atomic mass is 9.72. The van der Waals surface area contributed by atoms with Crippen molar-refractivity contribution < 1.29 is 9.53 Å². The highest BCUT2D eigenvalue weighted by Gasteiger charge is 2.44. The van der Waals surface area contributed by atoms with E-state index in [0.717, 1.165) is 44.3 Å². The Morgan fingerprint density at radius 1 is 1.04 bits per heavy atom. The van der Waals surface area contributed by atoms with E-state index in [2.05, 4.69) is 22.3 Å². The van der Waals surface area contributed by atoms with Gasteiger partial charge in [0.25, 0.3) is 0 Å². The first-order valence-corrected chi connectivity index (χ1v) is 9.08. The molecular weight excluding hydrogens is 316 g/mol. The summed E-state index contributed by atoms with van der Waals surface area (Å²) in [5.74, 6) is 0.258. The first kappa shape index (κ1) is 16.3. The van der Waals surface area contributed by atoms with Gasteiger partial charge in [-0.2, -0.15) is 15.0 Å². The van der Waals surface area contributed by atoms with Gasteiger partial charge in [0.1, 0.15) is 0 Å². The lowest BCUT2D eigenvalue weighted by Gasteiger charge is -2.42. The smallest absolute Gasteiger partial charge is 0.233 e. The zero-order valence-electron chi connectivity index (χ0n) is 14.4. The van der Waals surface area contributed by atoms with Crippen LogP contribution < -0.4 is 0 Å². The molecule has 1 aromatic heterocycles. The van der Waals surface area contributed by atoms with Crippen molar-refractivity contribution in [1.82, 2.24) is 19.9 Å². The first-order valence-electron chi connectivity index (χ1n) is 9.08. The molecule has 2 saturated heterocycles. The van der Waals surface area contributed by atoms with Gasteiger partial charge in [-0.1, -0.05) is 30.3 Å². The molecule has 132 valence electrons. The summed E-state index contributed by atoms with van der Waals surface area (Å²) in [6.07, 6.45) is 6.75. The van der Waals surface area contributed by atoms with Crippen LogP contribution in [0.2, 0.25) is 0 Å². The minimum Gasteiger partial charge on any atom is -0.381 e. The highest BCUT2D eigenvalue weighted by molar-refractivity contribution is 5.88. The molecule has 0 bridgehead atoms. The third kappa shape index (κ3) is 3.06. The van der Waals surface area contributed by atoms with Gasteiger partial charge in [0.2, 0.25) is 5.91 Å². The number of hydrogen-bond acceptors (Lipinski definition) is 4. The Morgan fingerprint density at radius 3 is 2.32 bits per heavy atom. The van der Waals surface area contributed by atoms with Crippen LogP contribution in [0.3, 0.4) is 0 Å². The SMILES string of the molecule is O=C(N1CCC(n2nccn2)CC1)C1(c2ccccc2)CCOCC1. The Hall–Kier alpha value is -2.21. The van der Waals surface area contributed by atoms with Gasteiger partial charge in [0.05, 0.1) is 23.9 Å². The summed E-state index contributed by atoms with van der Waals surface area (Å²) in [6.45, 7) is 2.82. The number of rotatable bonds is 3. The van der Waals surface area contributed by atoms with E-state index >= 15 is 0 Å². The topological polar surface area (TPSA) is 60.2 Å². The maximum atomic E-state index is 13.5. The number of amides is 1. The summed E-state index contributed by atoms with van der Waals surface area (Å²) in [5.41, 5.74) is 0.690. The van der Waals surface area contributed by atoms with Crippen molar-refractivity contribution in [2.45, 2.75) is 37.1 Å². The summed E-state index contributed by atoms with van der Waals surface area (Å²) < 4.78 is 5.56. The minimum absolute atomic E-state index is 0.258. The van der Waals surface area contributed by atoms with Crippen LogP contribution in [0.1, 0.15) is 37.3 Å². The molecule has 2 aliphatic rings. The Bertz CT molecular complexity index is 687. The number of benzene rings is 1. The van der Waals surface area contributed by atoms with Crippen molar-refractivity contribution in [2.24, 2.45) is 0 Å². The molecule has 0 saturated carbocycles. The molecule has 25 heavy (non-hydrogen) atoms. The molecule has 0 radical (unpaired) electrons. The monoisotopic (exact) mass is 340 g/mol. The molecule has 2 aromatic rings. The predicted molar refractivity (Wildman–Crippen MR) is 93.0 cm³/mol. The Labute approximate surface area is 147 Å². The molecule has 0 spiro atoms. The molecule has 0 unspecified atom stereocenters. The second-order valence-corrected chi connectivity index (χ2v) is 6.93. The maximum absolute atomic E-state index is 13.5. The van der Waals surface area contributed by atoms with Gasteiger partial charge < -0.3 is 9.64 Å². The summed E-state index contributed by atoms with van der Waals surface area (Å²) >= 11 is 0. The molecule has 2 aliphatic heterocycles. The van der Waals surface area contributed by atoms with E-state index in [1.165, 1.54) is 0 Å². The molecule has 2 fully saturated rings. The second-order valence-electron chi connectivity index (χ2n) is 6.93. The van der Waals surface area contributed by atoms with Crippen LogP contribution in [0, 0.1) is 0 Å². The second kappa shape index (κ2) is 6.96. The largest absolute Gasteiger partial charge is 0.381 e. The van der Waals surface area contributed by atoms with Crippen molar-refractivity contribution in [3.8, 4) is 0 Å². The van der Waals surface area contributed by atoms with Gasteiger partial charge in [0, 0.05) is 26.3 Å². The van der Waals surface area contributed by atoms with Crippen LogP contribution in [0.5, 0.6) is 0 Å². The van der Waals surface area contributed by atoms with Gasteiger partial charge >= 0.3 is 0 Å². The summed E-state index contributed by atoms with van der Waals surface area (Å²) in [7, 11) is 0. The number of aromatic nitrogens is 3. The van der Waals surface area contributed by atoms with Gasteiger partial charge in [-0.3, -0.25) is 4.79 Å². The van der Waals surface area contributed by atoms with Crippen LogP contribution in [-0.4, -0.2) is 52.1 Å². The normalized spacial score (nSPS) is 21.2. The maximum Gasteiger partial charge on any atom is 0.233 e. The van der Waals surface area contributed by atoms with E-state index in [1.54, 1.807) is 17.2 Å². The minimum atomic E-state index is -0.434. The fourth-order valence-corrected chi connectivity index (χ4v) is 4.12. The van der Waals surface area contributed by atoms with Gasteiger partial charge in [-0.05, 0) is 31.2 Å². The van der Waals surface area contributed by atoms with E-state index in [1.807, 2.05) is 23.1 Å². The van der Waals surface area contributed by atoms with Crippen molar-refractivity contribution in [2.75, 3.05) is 26.3 Å². The van der Waals surface area contributed by atoms with Crippen LogP contribution >= 0.6 is 0 Å². The summed E-state index contributed by atoms with van der Waals surface area (Å²) in [4.78, 5) is 17.3. The number of ether oxygens (including phenoxy) is 1. The molecule has 0 atom stereocenters. The Balaban J connectivity index is 1.52. The fourth-order valence-electron chi connectivity index (χ4n) is 4.12. The highest BCUT2D eigenvalue weighted by atomic mass is 16.5. The van der Waals surface area contributed by atoms with Gasteiger partial charge in [-0.25, -0.2) is 0 Å². The first-order chi connectivity index (χ1) is 12.3. The third-order valence-electron chi connectivity index (χ3n) is 5.60. The number of piperidine rings is 1. The molecule has 3 heterocycles.